The molecular weight excluding hydrogens is 534 g/mol. The molecule has 1 saturated heterocycles. The van der Waals surface area contributed by atoms with Gasteiger partial charge in [0.05, 0.1) is 18.2 Å². The van der Waals surface area contributed by atoms with Crippen LogP contribution in [-0.2, 0) is 44.8 Å². The van der Waals surface area contributed by atoms with E-state index in [1.165, 1.54) is 19.1 Å². The topological polar surface area (TPSA) is 227 Å². The Kier molecular flexibility index (Phi) is 12.8. The van der Waals surface area contributed by atoms with Crippen molar-refractivity contribution in [3.63, 3.8) is 0 Å². The number of anilines is 1. The number of carbonyl (C=O) groups is 6. The zero-order valence-electron chi connectivity index (χ0n) is 21.8. The third-order valence-corrected chi connectivity index (χ3v) is 5.48. The zero-order chi connectivity index (χ0) is 29.7. The lowest BCUT2D eigenvalue weighted by molar-refractivity contribution is -0.195. The molecule has 3 unspecified atom stereocenters. The van der Waals surface area contributed by atoms with Crippen LogP contribution in [0, 0.1) is 0 Å². The highest BCUT2D eigenvalue weighted by molar-refractivity contribution is 5.93. The number of aliphatic hydroxyl groups is 1. The maximum Gasteiger partial charge on any atom is 0.333 e. The summed E-state index contributed by atoms with van der Waals surface area (Å²) < 4.78 is 16.1. The van der Waals surface area contributed by atoms with Gasteiger partial charge in [0.25, 0.3) is 0 Å². The van der Waals surface area contributed by atoms with Crippen molar-refractivity contribution in [2.45, 2.75) is 70.6 Å². The molecule has 1 heterocycles. The molecule has 6 N–H and O–H groups in total. The number of ether oxygens (including phenoxy) is 3. The van der Waals surface area contributed by atoms with Crippen molar-refractivity contribution >= 4 is 41.3 Å². The van der Waals surface area contributed by atoms with Gasteiger partial charge in [-0.2, -0.15) is 0 Å². The molecule has 0 aromatic heterocycles. The molecule has 1 aromatic rings. The molecule has 15 nitrogen and oxygen atoms in total. The van der Waals surface area contributed by atoms with Crippen LogP contribution in [0.1, 0.15) is 51.0 Å². The van der Waals surface area contributed by atoms with Crippen molar-refractivity contribution < 1.29 is 58.3 Å². The summed E-state index contributed by atoms with van der Waals surface area (Å²) in [6, 6.07) is 4.54. The third-order valence-electron chi connectivity index (χ3n) is 5.48. The van der Waals surface area contributed by atoms with Gasteiger partial charge in [-0.3, -0.25) is 24.0 Å². The Balaban J connectivity index is 1.93. The van der Waals surface area contributed by atoms with E-state index in [4.69, 9.17) is 19.3 Å². The third kappa shape index (κ3) is 12.1. The first-order valence-corrected chi connectivity index (χ1v) is 12.5. The van der Waals surface area contributed by atoms with Gasteiger partial charge >= 0.3 is 17.9 Å². The van der Waals surface area contributed by atoms with Gasteiger partial charge in [-0.25, -0.2) is 4.79 Å². The van der Waals surface area contributed by atoms with Gasteiger partial charge in [0.1, 0.15) is 12.4 Å². The number of amides is 3. The molecule has 1 aliphatic heterocycles. The first-order valence-electron chi connectivity index (χ1n) is 12.5. The molecular formula is C25H33N3O12. The Bertz CT molecular complexity index is 1090. The van der Waals surface area contributed by atoms with Gasteiger partial charge in [0.2, 0.25) is 24.0 Å². The van der Waals surface area contributed by atoms with E-state index >= 15 is 0 Å². The minimum atomic E-state index is -1.27. The van der Waals surface area contributed by atoms with Crippen molar-refractivity contribution in [3.05, 3.63) is 23.8 Å². The van der Waals surface area contributed by atoms with Crippen LogP contribution in [0.5, 0.6) is 5.75 Å². The summed E-state index contributed by atoms with van der Waals surface area (Å²) in [6.07, 6.45) is -4.15. The fraction of sp³-hybridized carbons (Fsp3) is 0.520. The number of nitrogens with one attached hydrogen (secondary N) is 3. The van der Waals surface area contributed by atoms with Crippen molar-refractivity contribution in [1.29, 1.82) is 0 Å². The van der Waals surface area contributed by atoms with Crippen molar-refractivity contribution in [1.82, 2.24) is 10.6 Å². The van der Waals surface area contributed by atoms with Crippen LogP contribution in [0.2, 0.25) is 0 Å². The molecule has 2 rings (SSSR count). The van der Waals surface area contributed by atoms with Crippen LogP contribution < -0.4 is 20.7 Å². The van der Waals surface area contributed by atoms with Crippen LogP contribution in [0.25, 0.3) is 0 Å². The van der Waals surface area contributed by atoms with Crippen LogP contribution in [0.3, 0.4) is 0 Å². The molecule has 0 aliphatic carbocycles. The van der Waals surface area contributed by atoms with Gasteiger partial charge in [0, 0.05) is 52.1 Å². The van der Waals surface area contributed by atoms with E-state index in [9.17, 15) is 39.0 Å². The number of hydrogen-bond acceptors (Lipinski definition) is 10. The summed E-state index contributed by atoms with van der Waals surface area (Å²) >= 11 is 0. The molecule has 3 amide bonds. The van der Waals surface area contributed by atoms with E-state index in [2.05, 4.69) is 16.0 Å². The molecule has 0 radical (unpaired) electrons. The number of carboxylic acid groups (broad SMARTS) is 2. The standard InChI is InChI=1S/C25H33N3O12/c1-14(29)38-13-15-2-3-18(39-24-12-16(30)11-19(40-24)25(36)37)17(10-15)28-22(33)7-9-27-21(32)6-8-26-20(31)4-5-23(34)35/h2-3,10,16,19,24,30H,4-9,11-13H2,1H3,(H,26,31)(H,27,32)(H,28,33)(H,34,35)(H,36,37). The summed E-state index contributed by atoms with van der Waals surface area (Å²) in [5.41, 5.74) is 0.685. The molecule has 3 atom stereocenters. The Morgan fingerprint density at radius 2 is 1.57 bits per heavy atom. The highest BCUT2D eigenvalue weighted by Crippen LogP contribution is 2.30. The Morgan fingerprint density at radius 3 is 2.20 bits per heavy atom. The average molecular weight is 568 g/mol. The number of carboxylic acids is 2. The van der Waals surface area contributed by atoms with Gasteiger partial charge in [-0.15, -0.1) is 0 Å². The van der Waals surface area contributed by atoms with Crippen LogP contribution in [0.4, 0.5) is 5.69 Å². The lowest BCUT2D eigenvalue weighted by Crippen LogP contribution is -2.42. The second kappa shape index (κ2) is 16.0. The zero-order valence-corrected chi connectivity index (χ0v) is 21.8. The molecule has 40 heavy (non-hydrogen) atoms. The van der Waals surface area contributed by atoms with Crippen LogP contribution in [-0.4, -0.2) is 82.5 Å². The predicted molar refractivity (Wildman–Crippen MR) is 135 cm³/mol. The lowest BCUT2D eigenvalue weighted by atomic mass is 10.1. The molecule has 1 aromatic carbocycles. The number of aliphatic carboxylic acids is 2. The maximum absolute atomic E-state index is 12.6. The molecule has 0 bridgehead atoms. The minimum absolute atomic E-state index is 0.00158. The van der Waals surface area contributed by atoms with Crippen molar-refractivity contribution in [3.8, 4) is 5.75 Å². The highest BCUT2D eigenvalue weighted by Gasteiger charge is 2.34. The van der Waals surface area contributed by atoms with Gasteiger partial charge < -0.3 is 45.5 Å². The summed E-state index contributed by atoms with van der Waals surface area (Å²) in [5.74, 6) is -4.18. The normalized spacial score (nSPS) is 18.2. The lowest BCUT2D eigenvalue weighted by Gasteiger charge is -2.31. The molecule has 15 heteroatoms. The number of benzene rings is 1. The Hall–Kier alpha value is -4.24. The number of rotatable bonds is 15. The number of esters is 1. The molecule has 1 fully saturated rings. The van der Waals surface area contributed by atoms with Crippen LogP contribution in [0.15, 0.2) is 18.2 Å². The number of aliphatic hydroxyl groups excluding tert-OH is 1. The van der Waals surface area contributed by atoms with Crippen LogP contribution >= 0.6 is 0 Å². The fourth-order valence-electron chi connectivity index (χ4n) is 3.53. The smallest absolute Gasteiger partial charge is 0.333 e. The van der Waals surface area contributed by atoms with E-state index in [1.54, 1.807) is 6.07 Å². The Morgan fingerprint density at radius 1 is 0.925 bits per heavy atom. The predicted octanol–water partition coefficient (Wildman–Crippen LogP) is -0.105. The maximum atomic E-state index is 12.6. The van der Waals surface area contributed by atoms with Crippen molar-refractivity contribution in [2.24, 2.45) is 0 Å². The largest absolute Gasteiger partial charge is 0.481 e. The quantitative estimate of drug-likeness (QED) is 0.153. The first-order chi connectivity index (χ1) is 18.9. The van der Waals surface area contributed by atoms with E-state index in [-0.39, 0.29) is 69.7 Å². The summed E-state index contributed by atoms with van der Waals surface area (Å²) in [4.78, 5) is 69.0. The first kappa shape index (κ1) is 32.0. The highest BCUT2D eigenvalue weighted by atomic mass is 16.7. The van der Waals surface area contributed by atoms with Gasteiger partial charge in [-0.1, -0.05) is 6.07 Å². The fourth-order valence-corrected chi connectivity index (χ4v) is 3.53. The summed E-state index contributed by atoms with van der Waals surface area (Å²) in [6.45, 7) is 1.14. The molecule has 0 spiro atoms. The molecule has 0 saturated carbocycles. The second-order valence-corrected chi connectivity index (χ2v) is 8.89. The van der Waals surface area contributed by atoms with E-state index in [1.807, 2.05) is 0 Å². The van der Waals surface area contributed by atoms with Crippen molar-refractivity contribution in [2.75, 3.05) is 18.4 Å². The van der Waals surface area contributed by atoms with E-state index < -0.39 is 54.1 Å². The summed E-state index contributed by atoms with van der Waals surface area (Å²) in [5, 5.41) is 35.4. The average Bonchev–Trinajstić information content (AvgIpc) is 2.87. The van der Waals surface area contributed by atoms with E-state index in [0.29, 0.717) is 5.56 Å². The number of carbonyl (C=O) groups excluding carboxylic acids is 4. The van der Waals surface area contributed by atoms with Gasteiger partial charge in [0.15, 0.2) is 6.10 Å². The Labute approximate surface area is 229 Å². The second-order valence-electron chi connectivity index (χ2n) is 8.89. The number of hydrogen-bond donors (Lipinski definition) is 6. The molecule has 220 valence electrons. The van der Waals surface area contributed by atoms with E-state index in [0.717, 1.165) is 0 Å². The molecule has 1 aliphatic rings. The minimum Gasteiger partial charge on any atom is -0.481 e. The monoisotopic (exact) mass is 567 g/mol. The SMILES string of the molecule is CC(=O)OCc1ccc(OC2CC(O)CC(C(=O)O)O2)c(NC(=O)CCNC(=O)CCNC(=O)CCC(=O)O)c1. The summed E-state index contributed by atoms with van der Waals surface area (Å²) in [7, 11) is 0. The van der Waals surface area contributed by atoms with Gasteiger partial charge in [-0.05, 0) is 17.7 Å².